The van der Waals surface area contributed by atoms with Crippen molar-refractivity contribution in [1.29, 1.82) is 0 Å². The Morgan fingerprint density at radius 1 is 0.358 bits per heavy atom. The average Bonchev–Trinajstić information content (AvgIpc) is 1.61. The van der Waals surface area contributed by atoms with E-state index in [4.69, 9.17) is 38.7 Å². The Kier molecular flexibility index (Phi) is 60.1. The topological polar surface area (TPSA) is 588 Å². The maximum atomic E-state index is 13.1. The normalized spacial score (nSPS) is 17.7. The minimum Gasteiger partial charge on any atom is -0.479 e. The van der Waals surface area contributed by atoms with Gasteiger partial charge < -0.3 is 44.2 Å². The van der Waals surface area contributed by atoms with Gasteiger partial charge in [-0.25, -0.2) is 91.5 Å². The smallest absolute Gasteiger partial charge is 0.382 e. The average molecular weight is 2070 g/mol. The molecule has 137 heavy (non-hydrogen) atoms. The lowest BCUT2D eigenvalue weighted by Gasteiger charge is -2.27. The summed E-state index contributed by atoms with van der Waals surface area (Å²) in [5.41, 5.74) is 0.806. The summed E-state index contributed by atoms with van der Waals surface area (Å²) >= 11 is 1.25. The van der Waals surface area contributed by atoms with Gasteiger partial charge >= 0.3 is 71.6 Å². The van der Waals surface area contributed by atoms with Crippen molar-refractivity contribution in [1.82, 2.24) is 15.4 Å². The molecule has 0 unspecified atom stereocenters. The van der Waals surface area contributed by atoms with Crippen LogP contribution in [0.2, 0.25) is 0 Å². The summed E-state index contributed by atoms with van der Waals surface area (Å²) in [4.78, 5) is 203. The molecule has 0 fully saturated rings. The molecule has 4 rings (SSSR count). The Hall–Kier alpha value is -8.01. The predicted octanol–water partition coefficient (Wildman–Crippen LogP) is 12.9. The largest absolute Gasteiger partial charge is 0.479 e. The highest BCUT2D eigenvalue weighted by Gasteiger charge is 2.43. The van der Waals surface area contributed by atoms with Gasteiger partial charge in [0.15, 0.2) is 62.4 Å². The maximum absolute atomic E-state index is 13.1. The van der Waals surface area contributed by atoms with Crippen molar-refractivity contribution in [2.24, 2.45) is 5.14 Å². The molecule has 0 radical (unpaired) electrons. The molecular formula is C89H146N4O38S6. The highest BCUT2D eigenvalue weighted by atomic mass is 32.3. The molecule has 6 N–H and O–H groups in total. The summed E-state index contributed by atoms with van der Waals surface area (Å²) in [7, 11) is -15.7. The zero-order valence-electron chi connectivity index (χ0n) is 81.9. The van der Waals surface area contributed by atoms with E-state index in [1.165, 1.54) is 181 Å². The first-order valence-corrected chi connectivity index (χ1v) is 54.8. The number of hydrogen-bond donors (Lipinski definition) is 5. The fourth-order valence-electron chi connectivity index (χ4n) is 12.9. The number of sulfone groups is 2. The monoisotopic (exact) mass is 2070 g/mol. The van der Waals surface area contributed by atoms with E-state index < -0.39 is 205 Å². The van der Waals surface area contributed by atoms with Crippen LogP contribution in [0.1, 0.15) is 359 Å². The summed E-state index contributed by atoms with van der Waals surface area (Å²) in [5, 5.41) is 18.8. The lowest BCUT2D eigenvalue weighted by molar-refractivity contribution is -0.349. The summed E-state index contributed by atoms with van der Waals surface area (Å²) in [5.74, 6) is -14.5. The van der Waals surface area contributed by atoms with Crippen molar-refractivity contribution in [3.8, 4) is 0 Å². The number of esters is 6. The van der Waals surface area contributed by atoms with Gasteiger partial charge in [-0.15, -0.1) is 22.7 Å². The van der Waals surface area contributed by atoms with Crippen LogP contribution in [-0.2, 0) is 179 Å². The molecule has 48 heteroatoms. The number of sulfonamides is 2. The number of carbonyl (C=O) groups is 13. The molecule has 0 bridgehead atoms. The fraction of sp³-hybridized carbons (Fsp3) is 0.764. The summed E-state index contributed by atoms with van der Waals surface area (Å²) in [6.07, 6.45) is 19.9. The molecule has 15 atom stereocenters. The van der Waals surface area contributed by atoms with Crippen molar-refractivity contribution < 1.29 is 178 Å². The molecular weight excluding hydrogens is 1930 g/mol. The number of thiophene rings is 2. The van der Waals surface area contributed by atoms with E-state index in [1.54, 1.807) is 11.6 Å². The molecule has 42 nitrogen and oxygen atoms in total. The predicted molar refractivity (Wildman–Crippen MR) is 494 cm³/mol. The van der Waals surface area contributed by atoms with Crippen LogP contribution >= 0.6 is 22.7 Å². The van der Waals surface area contributed by atoms with Gasteiger partial charge in [0.05, 0.1) is 10.5 Å². The highest BCUT2D eigenvalue weighted by molar-refractivity contribution is 7.96. The van der Waals surface area contributed by atoms with E-state index >= 15 is 0 Å². The lowest BCUT2D eigenvalue weighted by Crippen LogP contribution is -2.41. The highest BCUT2D eigenvalue weighted by Crippen LogP contribution is 2.44. The van der Waals surface area contributed by atoms with Crippen molar-refractivity contribution in [2.75, 3.05) is 13.1 Å². The molecule has 2 aliphatic heterocycles. The standard InChI is InChI=1S/C43H70N2O15S3.C36H60O19.C10H16N2O4S3/c1-9-11-12-13-14-15-16-17-18-19-20-21-22-23-24-25-36(46)56-30(5)39(48)58-32(7)41(50)60-33(8)42(51)59-31(6)40(49)57-29(4)38(47)45-63(54,55)37-27-34-35(44-10-2)26-28(3)62(52,53)43(34)61-37;1-8-9-10-11-12-13-14-15-16-17-18-19-20-21-22-23-30(37)45-25(3)32(40)51-47-27(5)34(42)53-49-29(7)36(44)55-50-28(6)35(43)54-48-26(4)33(41)52-46-24(2)31(38)39;1-3-12-8-4-6(2)18(13,14)10-7(8)5-9(17-10)19(11,15)16/h27-33,35,44H,9-26H2,1-8H3,(H,45,47);24-29H,8-23H2,1-7H3,(H,38,39);5-6,8,12H,3-4H2,1-2H3,(H2,11,15,16)/t28-,29-,30-,31-,32-,33-,35-;24-,25-,26-,27-,28-,29-;6-,8-/m000/s1. The second-order valence-electron chi connectivity index (χ2n) is 33.6. The van der Waals surface area contributed by atoms with Crippen molar-refractivity contribution in [3.63, 3.8) is 0 Å². The van der Waals surface area contributed by atoms with E-state index in [1.807, 2.05) is 13.8 Å². The van der Waals surface area contributed by atoms with E-state index in [0.29, 0.717) is 49.3 Å². The number of carboxylic acids is 1. The van der Waals surface area contributed by atoms with Gasteiger partial charge in [0.25, 0.3) is 15.9 Å². The number of ether oxygens (including phenoxy) is 6. The number of hydrogen-bond acceptors (Lipinski definition) is 41. The number of unbranched alkanes of at least 4 members (excludes halogenated alkanes) is 28. The van der Waals surface area contributed by atoms with E-state index in [-0.39, 0.29) is 43.5 Å². The number of primary sulfonamides is 1. The molecule has 4 heterocycles. The van der Waals surface area contributed by atoms with Gasteiger partial charge in [-0.1, -0.05) is 207 Å². The number of aliphatic carboxylic acids is 1. The first-order chi connectivity index (χ1) is 64.4. The number of nitrogens with one attached hydrogen (secondary N) is 3. The van der Waals surface area contributed by atoms with Crippen LogP contribution in [0.15, 0.2) is 29.0 Å². The third-order valence-electron chi connectivity index (χ3n) is 21.4. The van der Waals surface area contributed by atoms with Gasteiger partial charge in [-0.05, 0) is 141 Å². The van der Waals surface area contributed by atoms with Gasteiger partial charge in [0.2, 0.25) is 34.4 Å². The number of carbonyl (C=O) groups excluding carboxylic acids is 12. The number of fused-ring (bicyclic) bond motifs is 2. The van der Waals surface area contributed by atoms with Crippen LogP contribution in [0.5, 0.6) is 0 Å². The van der Waals surface area contributed by atoms with Crippen LogP contribution in [0.4, 0.5) is 0 Å². The van der Waals surface area contributed by atoms with Gasteiger partial charge in [-0.3, -0.25) is 38.8 Å². The Morgan fingerprint density at radius 3 is 0.876 bits per heavy atom. The van der Waals surface area contributed by atoms with Gasteiger partial charge in [0.1, 0.15) is 16.8 Å². The maximum Gasteiger partial charge on any atom is 0.382 e. The molecule has 2 aromatic heterocycles. The molecule has 0 aromatic carbocycles. The molecule has 0 spiro atoms. The number of amides is 1. The van der Waals surface area contributed by atoms with Crippen LogP contribution in [-0.4, -0.2) is 207 Å². The van der Waals surface area contributed by atoms with E-state index in [9.17, 15) is 96.0 Å². The first kappa shape index (κ1) is 125. The van der Waals surface area contributed by atoms with E-state index in [2.05, 4.69) is 73.4 Å². The third-order valence-corrected chi connectivity index (χ3v) is 32.4. The Balaban J connectivity index is 0.000000779. The molecule has 786 valence electrons. The minimum absolute atomic E-state index is 0.0990. The minimum atomic E-state index is -4.59. The fourth-order valence-corrected chi connectivity index (χ4v) is 22.4. The van der Waals surface area contributed by atoms with Gasteiger partial charge in [0, 0.05) is 36.1 Å². The van der Waals surface area contributed by atoms with Crippen LogP contribution in [0, 0.1) is 0 Å². The number of rotatable bonds is 66. The Labute approximate surface area is 812 Å². The Morgan fingerprint density at radius 2 is 0.599 bits per heavy atom. The molecule has 1 amide bonds. The second kappa shape index (κ2) is 65.9. The molecule has 0 saturated heterocycles. The molecule has 0 saturated carbocycles. The molecule has 2 aliphatic rings. The number of carboxylic acid groups (broad SMARTS) is 1. The summed E-state index contributed by atoms with van der Waals surface area (Å²) in [6, 6.07) is 2.02. The zero-order chi connectivity index (χ0) is 103. The summed E-state index contributed by atoms with van der Waals surface area (Å²) in [6.45, 7) is 25.1. The van der Waals surface area contributed by atoms with Crippen molar-refractivity contribution in [2.45, 2.75) is 443 Å². The zero-order valence-corrected chi connectivity index (χ0v) is 86.7. The van der Waals surface area contributed by atoms with E-state index in [0.717, 1.165) is 105 Å². The Bertz CT molecular complexity index is 4580. The molecule has 2 aromatic rings. The van der Waals surface area contributed by atoms with Crippen molar-refractivity contribution in [3.05, 3.63) is 23.3 Å². The van der Waals surface area contributed by atoms with Crippen molar-refractivity contribution >= 4 is 140 Å². The molecule has 0 aliphatic carbocycles. The van der Waals surface area contributed by atoms with Crippen LogP contribution in [0.3, 0.4) is 0 Å². The second-order valence-corrected chi connectivity index (χ2v) is 44.5. The number of nitrogens with two attached hydrogens (primary N) is 1. The SMILES string of the molecule is CCCCCCCCCCCCCCCCCC(=O)O[C@@H](C)C(=O)OO[C@@H](C)C(=O)OO[C@@H](C)C(=O)OO[C@@H](C)C(=O)OO[C@@H](C)C(=O)OO[C@@H](C)C(=O)O.CCCCCCCCCCCCCCCCCC(=O)O[C@@H](C)C(=O)O[C@@H](C)C(=O)O[C@@H](C)C(=O)O[C@@H](C)C(=O)O[C@@H](C)C(=O)NS(=O)(=O)c1cc2c(s1)S(=O)(=O)[C@@H](C)C[C@@H]2NCC.CCN[C@H]1C[C@H](C)S(=O)(=O)c2sc(S(N)(=O)=O)cc21. The van der Waals surface area contributed by atoms with Crippen LogP contribution in [0.25, 0.3) is 0 Å². The van der Waals surface area contributed by atoms with Crippen LogP contribution < -0.4 is 20.5 Å². The third kappa shape index (κ3) is 47.9. The summed E-state index contributed by atoms with van der Waals surface area (Å²) < 4.78 is 131. The van der Waals surface area contributed by atoms with Gasteiger partial charge in [-0.2, -0.15) is 24.4 Å². The first-order valence-electron chi connectivity index (χ1n) is 47.0. The quantitative estimate of drug-likeness (QED) is 0.0135. The lowest BCUT2D eigenvalue weighted by atomic mass is 10.0.